The molecule has 2 aliphatic rings. The van der Waals surface area contributed by atoms with Gasteiger partial charge in [0.05, 0.1) is 0 Å². The fourth-order valence-electron chi connectivity index (χ4n) is 4.17. The molecule has 5 heteroatoms. The summed E-state index contributed by atoms with van der Waals surface area (Å²) in [5.74, 6) is 3.46. The standard InChI is InChI=1S/C20H41N5/c1-17-6-8-19(9-7-17)16-24(5)20(21-3)22-14-18(2)15-25-12-10-23(4)11-13-25/h17-19H,6-16H2,1-5H3,(H,21,22). The number of nitrogens with one attached hydrogen (secondary N) is 1. The molecular weight excluding hydrogens is 310 g/mol. The van der Waals surface area contributed by atoms with Gasteiger partial charge in [-0.1, -0.05) is 26.7 Å². The van der Waals surface area contributed by atoms with Gasteiger partial charge in [0.2, 0.25) is 0 Å². The minimum atomic E-state index is 0.643. The fraction of sp³-hybridized carbons (Fsp3) is 0.950. The molecule has 1 saturated carbocycles. The summed E-state index contributed by atoms with van der Waals surface area (Å²) in [6, 6.07) is 0. The van der Waals surface area contributed by atoms with Gasteiger partial charge in [0, 0.05) is 59.9 Å². The second-order valence-electron chi connectivity index (χ2n) is 8.64. The Hall–Kier alpha value is -0.810. The molecule has 5 nitrogen and oxygen atoms in total. The molecule has 0 aromatic carbocycles. The van der Waals surface area contributed by atoms with E-state index in [1.807, 2.05) is 7.05 Å². The fourth-order valence-corrected chi connectivity index (χ4v) is 4.17. The van der Waals surface area contributed by atoms with Gasteiger partial charge in [-0.25, -0.2) is 0 Å². The van der Waals surface area contributed by atoms with E-state index in [0.717, 1.165) is 30.9 Å². The first-order valence-electron chi connectivity index (χ1n) is 10.3. The minimum Gasteiger partial charge on any atom is -0.356 e. The Labute approximate surface area is 155 Å². The Balaban J connectivity index is 1.68. The van der Waals surface area contributed by atoms with Gasteiger partial charge in [-0.3, -0.25) is 4.99 Å². The third-order valence-corrected chi connectivity index (χ3v) is 6.02. The lowest BCUT2D eigenvalue weighted by molar-refractivity contribution is 0.139. The number of guanidine groups is 1. The average Bonchev–Trinajstić information content (AvgIpc) is 2.59. The normalized spacial score (nSPS) is 28.0. The van der Waals surface area contributed by atoms with Crippen LogP contribution in [0.5, 0.6) is 0 Å². The van der Waals surface area contributed by atoms with E-state index in [1.165, 1.54) is 58.4 Å². The highest BCUT2D eigenvalue weighted by Crippen LogP contribution is 2.28. The first kappa shape index (κ1) is 20.5. The predicted octanol–water partition coefficient (Wildman–Crippen LogP) is 2.20. The van der Waals surface area contributed by atoms with Crippen LogP contribution in [0, 0.1) is 17.8 Å². The van der Waals surface area contributed by atoms with Gasteiger partial charge < -0.3 is 20.0 Å². The number of nitrogens with zero attached hydrogens (tertiary/aromatic N) is 4. The smallest absolute Gasteiger partial charge is 0.193 e. The molecule has 0 amide bonds. The molecule has 0 aromatic heterocycles. The second kappa shape index (κ2) is 10.4. The van der Waals surface area contributed by atoms with E-state index in [2.05, 4.69) is 53.0 Å². The molecule has 2 rings (SSSR count). The number of aliphatic imine (C=N–C) groups is 1. The maximum Gasteiger partial charge on any atom is 0.193 e. The minimum absolute atomic E-state index is 0.643. The number of rotatable bonds is 6. The summed E-state index contributed by atoms with van der Waals surface area (Å²) in [5.41, 5.74) is 0. The Kier molecular flexibility index (Phi) is 8.50. The third kappa shape index (κ3) is 7.14. The largest absolute Gasteiger partial charge is 0.356 e. The molecule has 25 heavy (non-hydrogen) atoms. The molecule has 1 saturated heterocycles. The predicted molar refractivity (Wildman–Crippen MR) is 108 cm³/mol. The van der Waals surface area contributed by atoms with Crippen LogP contribution in [-0.4, -0.2) is 87.6 Å². The first-order valence-corrected chi connectivity index (χ1v) is 10.3. The summed E-state index contributed by atoms with van der Waals surface area (Å²) in [6.07, 6.45) is 5.55. The molecule has 0 bridgehead atoms. The van der Waals surface area contributed by atoms with Gasteiger partial charge in [0.15, 0.2) is 5.96 Å². The van der Waals surface area contributed by atoms with Gasteiger partial charge in [-0.05, 0) is 37.6 Å². The van der Waals surface area contributed by atoms with Crippen LogP contribution in [0.25, 0.3) is 0 Å². The summed E-state index contributed by atoms with van der Waals surface area (Å²) in [6.45, 7) is 12.9. The molecule has 146 valence electrons. The molecule has 1 unspecified atom stereocenters. The van der Waals surface area contributed by atoms with E-state index >= 15 is 0 Å². The molecular formula is C20H41N5. The summed E-state index contributed by atoms with van der Waals surface area (Å²) in [4.78, 5) is 11.9. The monoisotopic (exact) mass is 351 g/mol. The maximum absolute atomic E-state index is 4.51. The molecule has 1 N–H and O–H groups in total. The summed E-state index contributed by atoms with van der Waals surface area (Å²) in [5, 5.41) is 3.60. The number of hydrogen-bond acceptors (Lipinski definition) is 3. The van der Waals surface area contributed by atoms with Gasteiger partial charge >= 0.3 is 0 Å². The zero-order chi connectivity index (χ0) is 18.2. The van der Waals surface area contributed by atoms with Gasteiger partial charge in [-0.2, -0.15) is 0 Å². The molecule has 1 heterocycles. The first-order chi connectivity index (χ1) is 12.0. The topological polar surface area (TPSA) is 34.1 Å². The second-order valence-corrected chi connectivity index (χ2v) is 8.64. The van der Waals surface area contributed by atoms with E-state index in [9.17, 15) is 0 Å². The van der Waals surface area contributed by atoms with Crippen molar-refractivity contribution in [2.75, 3.05) is 67.0 Å². The van der Waals surface area contributed by atoms with Crippen molar-refractivity contribution in [3.8, 4) is 0 Å². The van der Waals surface area contributed by atoms with Crippen LogP contribution in [0.3, 0.4) is 0 Å². The van der Waals surface area contributed by atoms with Gasteiger partial charge in [0.25, 0.3) is 0 Å². The summed E-state index contributed by atoms with van der Waals surface area (Å²) in [7, 11) is 6.32. The van der Waals surface area contributed by atoms with Gasteiger partial charge in [-0.15, -0.1) is 0 Å². The van der Waals surface area contributed by atoms with E-state index in [1.54, 1.807) is 0 Å². The lowest BCUT2D eigenvalue weighted by Crippen LogP contribution is -2.48. The van der Waals surface area contributed by atoms with Crippen molar-refractivity contribution < 1.29 is 0 Å². The van der Waals surface area contributed by atoms with Crippen molar-refractivity contribution >= 4 is 5.96 Å². The van der Waals surface area contributed by atoms with Crippen LogP contribution >= 0.6 is 0 Å². The molecule has 1 aliphatic heterocycles. The number of hydrogen-bond donors (Lipinski definition) is 1. The SMILES string of the molecule is CN=C(NCC(C)CN1CCN(C)CC1)N(C)CC1CCC(C)CC1. The zero-order valence-electron chi connectivity index (χ0n) is 17.3. The zero-order valence-corrected chi connectivity index (χ0v) is 17.3. The number of piperazine rings is 1. The van der Waals surface area contributed by atoms with E-state index in [0.29, 0.717) is 5.92 Å². The van der Waals surface area contributed by atoms with Crippen molar-refractivity contribution in [1.29, 1.82) is 0 Å². The van der Waals surface area contributed by atoms with Crippen molar-refractivity contribution in [1.82, 2.24) is 20.0 Å². The highest BCUT2D eigenvalue weighted by molar-refractivity contribution is 5.79. The Morgan fingerprint density at radius 1 is 1.16 bits per heavy atom. The Bertz CT molecular complexity index is 395. The molecule has 0 radical (unpaired) electrons. The van der Waals surface area contributed by atoms with Crippen LogP contribution in [0.2, 0.25) is 0 Å². The van der Waals surface area contributed by atoms with Crippen molar-refractivity contribution in [2.24, 2.45) is 22.7 Å². The quantitative estimate of drug-likeness (QED) is 0.588. The Morgan fingerprint density at radius 2 is 1.80 bits per heavy atom. The average molecular weight is 352 g/mol. The highest BCUT2D eigenvalue weighted by Gasteiger charge is 2.21. The van der Waals surface area contributed by atoms with Gasteiger partial charge in [0.1, 0.15) is 0 Å². The van der Waals surface area contributed by atoms with E-state index < -0.39 is 0 Å². The van der Waals surface area contributed by atoms with E-state index in [4.69, 9.17) is 0 Å². The van der Waals surface area contributed by atoms with Crippen LogP contribution in [0.15, 0.2) is 4.99 Å². The molecule has 1 atom stereocenters. The summed E-state index contributed by atoms with van der Waals surface area (Å²) < 4.78 is 0. The van der Waals surface area contributed by atoms with Crippen molar-refractivity contribution in [2.45, 2.75) is 39.5 Å². The lowest BCUT2D eigenvalue weighted by Gasteiger charge is -2.34. The van der Waals surface area contributed by atoms with Crippen LogP contribution in [-0.2, 0) is 0 Å². The molecule has 0 aromatic rings. The molecule has 0 spiro atoms. The Morgan fingerprint density at radius 3 is 2.40 bits per heavy atom. The van der Waals surface area contributed by atoms with Crippen LogP contribution < -0.4 is 5.32 Å². The van der Waals surface area contributed by atoms with Crippen LogP contribution in [0.1, 0.15) is 39.5 Å². The summed E-state index contributed by atoms with van der Waals surface area (Å²) >= 11 is 0. The van der Waals surface area contributed by atoms with Crippen molar-refractivity contribution in [3.05, 3.63) is 0 Å². The molecule has 2 fully saturated rings. The number of likely N-dealkylation sites (N-methyl/N-ethyl adjacent to an activating group) is 1. The van der Waals surface area contributed by atoms with Crippen LogP contribution in [0.4, 0.5) is 0 Å². The third-order valence-electron chi connectivity index (χ3n) is 6.02. The highest BCUT2D eigenvalue weighted by atomic mass is 15.3. The van der Waals surface area contributed by atoms with E-state index in [-0.39, 0.29) is 0 Å². The maximum atomic E-state index is 4.51. The lowest BCUT2D eigenvalue weighted by atomic mass is 9.83. The van der Waals surface area contributed by atoms with Crippen molar-refractivity contribution in [3.63, 3.8) is 0 Å². The molecule has 1 aliphatic carbocycles.